The summed E-state index contributed by atoms with van der Waals surface area (Å²) in [7, 11) is -6.72. The molecule has 0 radical (unpaired) electrons. The molecular formula is C52H46ClCuN2O4P2. The first-order valence-corrected chi connectivity index (χ1v) is 23.3. The molecular weight excluding hydrogens is 878 g/mol. The number of halogens is 1. The first kappa shape index (κ1) is 49.4. The van der Waals surface area contributed by atoms with Gasteiger partial charge in [0.25, 0.3) is 0 Å². The maximum atomic E-state index is 8.49. The van der Waals surface area contributed by atoms with Crippen molar-refractivity contribution in [3.05, 3.63) is 192 Å². The topological polar surface area (TPSA) is 140 Å². The third-order valence-electron chi connectivity index (χ3n) is 9.71. The minimum Gasteiger partial charge on any atom is -0.222 e. The Morgan fingerprint density at radius 3 is 0.855 bits per heavy atom. The SMILES string of the molecule is CC#N.CC#N.Cc1ccc(P(c2ccc(C)cc2)c2ccc3ccccc3c2-c2c(P(c3ccc(C)cc3)c3ccc(C)cc3)ccc3ccccc23)cc1.[Cu+].[O-][Cl+3]([O-])([O-])[O-]. The largest absolute Gasteiger partial charge is 1.00 e. The molecule has 0 N–H and O–H groups in total. The van der Waals surface area contributed by atoms with Crippen LogP contribution in [0.1, 0.15) is 36.1 Å². The smallest absolute Gasteiger partial charge is 0.222 e. The van der Waals surface area contributed by atoms with Gasteiger partial charge in [-0.25, -0.2) is 18.6 Å². The van der Waals surface area contributed by atoms with E-state index in [1.165, 1.54) is 101 Å². The van der Waals surface area contributed by atoms with Crippen LogP contribution in [0.25, 0.3) is 32.7 Å². The van der Waals surface area contributed by atoms with Gasteiger partial charge in [0.1, 0.15) is 0 Å². The summed E-state index contributed by atoms with van der Waals surface area (Å²) in [6, 6.07) is 68.1. The summed E-state index contributed by atoms with van der Waals surface area (Å²) < 4.78 is 34.0. The third kappa shape index (κ3) is 12.9. The van der Waals surface area contributed by atoms with Crippen LogP contribution in [0.15, 0.2) is 170 Å². The van der Waals surface area contributed by atoms with E-state index >= 15 is 0 Å². The van der Waals surface area contributed by atoms with E-state index in [1.54, 1.807) is 12.1 Å². The van der Waals surface area contributed by atoms with E-state index < -0.39 is 26.1 Å². The van der Waals surface area contributed by atoms with Crippen molar-refractivity contribution in [1.29, 1.82) is 10.5 Å². The number of hydrogen-bond acceptors (Lipinski definition) is 6. The minimum atomic E-state index is -4.94. The first-order chi connectivity index (χ1) is 29.3. The monoisotopic (exact) mass is 922 g/mol. The van der Waals surface area contributed by atoms with E-state index in [2.05, 4.69) is 198 Å². The average Bonchev–Trinajstić information content (AvgIpc) is 3.24. The first-order valence-electron chi connectivity index (χ1n) is 19.4. The maximum absolute atomic E-state index is 8.49. The molecule has 0 unspecified atom stereocenters. The molecule has 8 aromatic rings. The maximum Gasteiger partial charge on any atom is 1.00 e. The van der Waals surface area contributed by atoms with Crippen molar-refractivity contribution in [1.82, 2.24) is 0 Å². The van der Waals surface area contributed by atoms with Crippen LogP contribution in [0.3, 0.4) is 0 Å². The predicted octanol–water partition coefficient (Wildman–Crippen LogP) is 6.71. The van der Waals surface area contributed by atoms with Crippen molar-refractivity contribution in [3.8, 4) is 23.3 Å². The molecule has 10 heteroatoms. The molecule has 8 rings (SSSR count). The van der Waals surface area contributed by atoms with E-state index in [1.807, 2.05) is 0 Å². The molecule has 0 aliphatic heterocycles. The standard InChI is InChI=1S/C48H40P2.2C2H3N.ClHO4.Cu/c1-33-13-23-39(24-14-33)49(40-25-15-34(2)16-26-40)45-31-21-37-9-5-7-11-43(37)47(45)48-44-12-8-6-10-38(44)22-32-46(48)50(41-27-17-35(3)18-28-41)42-29-19-36(4)20-30-42;2*1-2-3;2-1(3,4)5;/h5-32H,1-4H3;2*1H3;(H,2,3,4,5);/q;;;;+1/p-1. The van der Waals surface area contributed by atoms with Crippen LogP contribution in [0.4, 0.5) is 0 Å². The summed E-state index contributed by atoms with van der Waals surface area (Å²) >= 11 is 0. The molecule has 0 aliphatic rings. The van der Waals surface area contributed by atoms with Gasteiger partial charge < -0.3 is 0 Å². The molecule has 0 bridgehead atoms. The van der Waals surface area contributed by atoms with Gasteiger partial charge in [0, 0.05) is 13.8 Å². The fraction of sp³-hybridized carbons (Fsp3) is 0.115. The van der Waals surface area contributed by atoms with Crippen molar-refractivity contribution in [3.63, 3.8) is 0 Å². The Kier molecular flexibility index (Phi) is 18.6. The van der Waals surface area contributed by atoms with E-state index in [0.29, 0.717) is 0 Å². The second-order valence-electron chi connectivity index (χ2n) is 14.2. The molecule has 0 amide bonds. The minimum absolute atomic E-state index is 0. The van der Waals surface area contributed by atoms with E-state index in [9.17, 15) is 0 Å². The van der Waals surface area contributed by atoms with Crippen molar-refractivity contribution in [2.45, 2.75) is 41.5 Å². The van der Waals surface area contributed by atoms with Crippen LogP contribution in [-0.4, -0.2) is 0 Å². The van der Waals surface area contributed by atoms with Gasteiger partial charge in [-0.3, -0.25) is 0 Å². The normalized spacial score (nSPS) is 10.5. The molecule has 0 aromatic heterocycles. The molecule has 6 nitrogen and oxygen atoms in total. The number of aryl methyl sites for hydroxylation is 4. The summed E-state index contributed by atoms with van der Waals surface area (Å²) in [5.74, 6) is 0. The number of nitriles is 2. The Labute approximate surface area is 380 Å². The number of benzene rings is 8. The van der Waals surface area contributed by atoms with Gasteiger partial charge in [-0.15, -0.1) is 10.2 Å². The van der Waals surface area contributed by atoms with Gasteiger partial charge in [-0.1, -0.05) is 192 Å². The molecule has 0 atom stereocenters. The second-order valence-corrected chi connectivity index (χ2v) is 19.3. The summed E-state index contributed by atoms with van der Waals surface area (Å²) in [6.45, 7) is 11.6. The third-order valence-corrected chi connectivity index (χ3v) is 14.7. The summed E-state index contributed by atoms with van der Waals surface area (Å²) in [5.41, 5.74) is 7.84. The molecule has 0 spiro atoms. The zero-order chi connectivity index (χ0) is 44.1. The fourth-order valence-electron chi connectivity index (χ4n) is 7.05. The molecule has 62 heavy (non-hydrogen) atoms. The summed E-state index contributed by atoms with van der Waals surface area (Å²) in [5, 5.41) is 28.0. The fourth-order valence-corrected chi connectivity index (χ4v) is 11.9. The second kappa shape index (κ2) is 23.3. The Balaban J connectivity index is 0.000000635. The molecule has 0 heterocycles. The van der Waals surface area contributed by atoms with Gasteiger partial charge in [-0.05, 0) is 108 Å². The van der Waals surface area contributed by atoms with Crippen molar-refractivity contribution < 1.29 is 45.9 Å². The zero-order valence-electron chi connectivity index (χ0n) is 35.3. The molecule has 0 saturated carbocycles. The van der Waals surface area contributed by atoms with E-state index in [4.69, 9.17) is 29.2 Å². The molecule has 0 saturated heterocycles. The van der Waals surface area contributed by atoms with Crippen LogP contribution >= 0.6 is 15.8 Å². The van der Waals surface area contributed by atoms with Gasteiger partial charge in [-0.2, -0.15) is 10.5 Å². The van der Waals surface area contributed by atoms with Gasteiger partial charge in [0.15, 0.2) is 0 Å². The van der Waals surface area contributed by atoms with Gasteiger partial charge in [0.05, 0.1) is 12.1 Å². The van der Waals surface area contributed by atoms with E-state index in [0.717, 1.165) is 0 Å². The Bertz CT molecular complexity index is 2500. The Morgan fingerprint density at radius 2 is 0.613 bits per heavy atom. The van der Waals surface area contributed by atoms with Crippen molar-refractivity contribution in [2.75, 3.05) is 0 Å². The zero-order valence-corrected chi connectivity index (χ0v) is 38.8. The summed E-state index contributed by atoms with van der Waals surface area (Å²) in [4.78, 5) is 0. The predicted molar refractivity (Wildman–Crippen MR) is 246 cm³/mol. The van der Waals surface area contributed by atoms with Crippen LogP contribution in [0.2, 0.25) is 0 Å². The number of rotatable bonds is 7. The number of fused-ring (bicyclic) bond motifs is 2. The molecule has 8 aromatic carbocycles. The number of hydrogen-bond donors (Lipinski definition) is 0. The van der Waals surface area contributed by atoms with E-state index in [-0.39, 0.29) is 17.1 Å². The van der Waals surface area contributed by atoms with Gasteiger partial charge >= 0.3 is 17.1 Å². The average molecular weight is 924 g/mol. The Morgan fingerprint density at radius 1 is 0.387 bits per heavy atom. The molecule has 0 aliphatic carbocycles. The van der Waals surface area contributed by atoms with Crippen molar-refractivity contribution >= 4 is 69.2 Å². The van der Waals surface area contributed by atoms with Crippen LogP contribution in [0.5, 0.6) is 0 Å². The Hall–Kier alpha value is -5.23. The van der Waals surface area contributed by atoms with Crippen LogP contribution in [-0.2, 0) is 17.1 Å². The van der Waals surface area contributed by atoms with Gasteiger partial charge in [0.2, 0.25) is 0 Å². The van der Waals surface area contributed by atoms with Crippen molar-refractivity contribution in [2.24, 2.45) is 0 Å². The van der Waals surface area contributed by atoms with Crippen LogP contribution < -0.4 is 50.5 Å². The number of nitrogens with zero attached hydrogens (tertiary/aromatic N) is 2. The summed E-state index contributed by atoms with van der Waals surface area (Å²) in [6.07, 6.45) is 0. The molecule has 0 fully saturated rings. The van der Waals surface area contributed by atoms with Crippen LogP contribution in [0, 0.1) is 60.6 Å². The quantitative estimate of drug-likeness (QED) is 0.129. The molecule has 316 valence electrons.